The number of nitrogen functional groups attached to an aromatic ring is 1. The highest BCUT2D eigenvalue weighted by Crippen LogP contribution is 2.23. The normalized spacial score (nSPS) is 12.8. The Bertz CT molecular complexity index is 671. The molecule has 0 unspecified atom stereocenters. The summed E-state index contributed by atoms with van der Waals surface area (Å²) in [6.45, 7) is -0.225. The molecule has 0 spiro atoms. The van der Waals surface area contributed by atoms with Crippen LogP contribution in [0.4, 0.5) is 10.1 Å². The van der Waals surface area contributed by atoms with Gasteiger partial charge in [0.25, 0.3) is 0 Å². The van der Waals surface area contributed by atoms with Gasteiger partial charge in [-0.05, 0) is 12.1 Å². The summed E-state index contributed by atoms with van der Waals surface area (Å²) < 4.78 is 60.3. The number of nitrogens with two attached hydrogens (primary N) is 1. The van der Waals surface area contributed by atoms with Crippen molar-refractivity contribution < 1.29 is 21.2 Å². The smallest absolute Gasteiger partial charge is 0.245 e. The fraction of sp³-hybridized carbons (Fsp3) is 0.400. The molecule has 0 amide bonds. The molecular formula is C10H15FN2O4S2. The van der Waals surface area contributed by atoms with Gasteiger partial charge in [-0.15, -0.1) is 0 Å². The molecule has 19 heavy (non-hydrogen) atoms. The number of anilines is 1. The molecule has 1 aromatic rings. The lowest BCUT2D eigenvalue weighted by Crippen LogP contribution is -2.32. The minimum Gasteiger partial charge on any atom is -0.395 e. The van der Waals surface area contributed by atoms with Gasteiger partial charge in [0.1, 0.15) is 20.5 Å². The van der Waals surface area contributed by atoms with Crippen molar-refractivity contribution in [2.75, 3.05) is 31.3 Å². The lowest BCUT2D eigenvalue weighted by Gasteiger charge is -2.17. The quantitative estimate of drug-likeness (QED) is 0.776. The molecular weight excluding hydrogens is 295 g/mol. The first-order valence-electron chi connectivity index (χ1n) is 5.24. The Morgan fingerprint density at radius 2 is 1.84 bits per heavy atom. The van der Waals surface area contributed by atoms with E-state index >= 15 is 0 Å². The van der Waals surface area contributed by atoms with Crippen LogP contribution in [0.5, 0.6) is 0 Å². The predicted molar refractivity (Wildman–Crippen MR) is 70.3 cm³/mol. The van der Waals surface area contributed by atoms with Gasteiger partial charge in [-0.2, -0.15) is 4.31 Å². The number of rotatable bonds is 5. The monoisotopic (exact) mass is 310 g/mol. The van der Waals surface area contributed by atoms with Gasteiger partial charge in [0.15, 0.2) is 0 Å². The van der Waals surface area contributed by atoms with Gasteiger partial charge < -0.3 is 5.73 Å². The lowest BCUT2D eigenvalue weighted by molar-refractivity contribution is 0.484. The van der Waals surface area contributed by atoms with Crippen molar-refractivity contribution in [3.8, 4) is 0 Å². The zero-order valence-corrected chi connectivity index (χ0v) is 12.1. The van der Waals surface area contributed by atoms with E-state index in [1.165, 1.54) is 19.2 Å². The third-order valence-electron chi connectivity index (χ3n) is 2.48. The maximum Gasteiger partial charge on any atom is 0.245 e. The standard InChI is InChI=1S/C10H15FN2O4S2/c1-13(6-7-18(2,14)15)19(16,17)9-5-3-4-8(11)10(9)12/h3-5H,6-7,12H2,1-2H3. The average molecular weight is 310 g/mol. The van der Waals surface area contributed by atoms with Gasteiger partial charge in [0.05, 0.1) is 11.4 Å². The molecule has 1 rings (SSSR count). The first-order valence-corrected chi connectivity index (χ1v) is 8.74. The Morgan fingerprint density at radius 1 is 1.26 bits per heavy atom. The van der Waals surface area contributed by atoms with E-state index in [0.717, 1.165) is 16.6 Å². The topological polar surface area (TPSA) is 97.5 Å². The summed E-state index contributed by atoms with van der Waals surface area (Å²) in [5, 5.41) is 0. The molecule has 0 heterocycles. The highest BCUT2D eigenvalue weighted by atomic mass is 32.2. The second-order valence-corrected chi connectivity index (χ2v) is 8.38. The zero-order valence-electron chi connectivity index (χ0n) is 10.5. The molecule has 0 aliphatic rings. The number of para-hydroxylation sites is 1. The number of hydrogen-bond acceptors (Lipinski definition) is 5. The molecule has 0 radical (unpaired) electrons. The number of hydrogen-bond donors (Lipinski definition) is 1. The molecule has 0 saturated carbocycles. The number of nitrogens with zero attached hydrogens (tertiary/aromatic N) is 1. The third-order valence-corrected chi connectivity index (χ3v) is 5.32. The van der Waals surface area contributed by atoms with Crippen molar-refractivity contribution in [3.63, 3.8) is 0 Å². The fourth-order valence-electron chi connectivity index (χ4n) is 1.32. The predicted octanol–water partition coefficient (Wildman–Crippen LogP) is 0.0730. The number of sulfonamides is 1. The van der Waals surface area contributed by atoms with Crippen molar-refractivity contribution in [1.82, 2.24) is 4.31 Å². The van der Waals surface area contributed by atoms with Crippen molar-refractivity contribution in [3.05, 3.63) is 24.0 Å². The molecule has 2 N–H and O–H groups in total. The molecule has 0 aliphatic carbocycles. The SMILES string of the molecule is CN(CCS(C)(=O)=O)S(=O)(=O)c1cccc(F)c1N. The van der Waals surface area contributed by atoms with Crippen LogP contribution in [-0.4, -0.2) is 46.7 Å². The number of sulfone groups is 1. The summed E-state index contributed by atoms with van der Waals surface area (Å²) >= 11 is 0. The first kappa shape index (κ1) is 15.9. The Morgan fingerprint density at radius 3 is 2.37 bits per heavy atom. The Balaban J connectivity index is 3.07. The van der Waals surface area contributed by atoms with Crippen LogP contribution >= 0.6 is 0 Å². The minimum absolute atomic E-state index is 0.225. The van der Waals surface area contributed by atoms with Crippen LogP contribution < -0.4 is 5.73 Å². The van der Waals surface area contributed by atoms with Crippen LogP contribution in [-0.2, 0) is 19.9 Å². The highest BCUT2D eigenvalue weighted by molar-refractivity contribution is 7.91. The van der Waals surface area contributed by atoms with Gasteiger partial charge in [-0.25, -0.2) is 21.2 Å². The molecule has 0 aliphatic heterocycles. The van der Waals surface area contributed by atoms with Gasteiger partial charge in [-0.1, -0.05) is 6.07 Å². The second kappa shape index (κ2) is 5.43. The maximum atomic E-state index is 13.2. The van der Waals surface area contributed by atoms with Crippen LogP contribution in [0.25, 0.3) is 0 Å². The molecule has 0 atom stereocenters. The summed E-state index contributed by atoms with van der Waals surface area (Å²) in [7, 11) is -6.09. The summed E-state index contributed by atoms with van der Waals surface area (Å²) in [6.07, 6.45) is 1.00. The van der Waals surface area contributed by atoms with Gasteiger partial charge >= 0.3 is 0 Å². The Labute approximate surface area is 112 Å². The zero-order chi connectivity index (χ0) is 14.8. The molecule has 0 bridgehead atoms. The van der Waals surface area contributed by atoms with E-state index in [0.29, 0.717) is 0 Å². The van der Waals surface area contributed by atoms with Gasteiger partial charge in [0.2, 0.25) is 10.0 Å². The van der Waals surface area contributed by atoms with E-state index in [4.69, 9.17) is 5.73 Å². The molecule has 0 fully saturated rings. The third kappa shape index (κ3) is 3.88. The van der Waals surface area contributed by atoms with E-state index in [1.807, 2.05) is 0 Å². The molecule has 108 valence electrons. The first-order chi connectivity index (χ1) is 8.55. The van der Waals surface area contributed by atoms with Crippen LogP contribution in [0.2, 0.25) is 0 Å². The van der Waals surface area contributed by atoms with Crippen LogP contribution in [0.1, 0.15) is 0 Å². The maximum absolute atomic E-state index is 13.2. The molecule has 0 aromatic heterocycles. The van der Waals surface area contributed by atoms with Gasteiger partial charge in [0, 0.05) is 19.8 Å². The summed E-state index contributed by atoms with van der Waals surface area (Å²) in [4.78, 5) is -0.372. The lowest BCUT2D eigenvalue weighted by atomic mass is 10.3. The summed E-state index contributed by atoms with van der Waals surface area (Å²) in [5.41, 5.74) is 4.91. The van der Waals surface area contributed by atoms with E-state index in [2.05, 4.69) is 0 Å². The van der Waals surface area contributed by atoms with Crippen molar-refractivity contribution in [2.45, 2.75) is 4.90 Å². The molecule has 1 aromatic carbocycles. The summed E-state index contributed by atoms with van der Waals surface area (Å²) in [6, 6.07) is 3.44. The average Bonchev–Trinajstić information content (AvgIpc) is 2.28. The second-order valence-electron chi connectivity index (χ2n) is 4.11. The van der Waals surface area contributed by atoms with Crippen molar-refractivity contribution in [1.29, 1.82) is 0 Å². The van der Waals surface area contributed by atoms with Crippen LogP contribution in [0, 0.1) is 5.82 Å². The Kier molecular flexibility index (Phi) is 4.54. The van der Waals surface area contributed by atoms with Crippen molar-refractivity contribution in [2.24, 2.45) is 0 Å². The van der Waals surface area contributed by atoms with E-state index < -0.39 is 31.4 Å². The van der Waals surface area contributed by atoms with Gasteiger partial charge in [-0.3, -0.25) is 0 Å². The fourth-order valence-corrected chi connectivity index (χ4v) is 3.34. The molecule has 6 nitrogen and oxygen atoms in total. The highest BCUT2D eigenvalue weighted by Gasteiger charge is 2.25. The largest absolute Gasteiger partial charge is 0.395 e. The minimum atomic E-state index is -4.01. The molecule has 0 saturated heterocycles. The summed E-state index contributed by atoms with van der Waals surface area (Å²) in [5.74, 6) is -1.16. The van der Waals surface area contributed by atoms with Crippen LogP contribution in [0.3, 0.4) is 0 Å². The van der Waals surface area contributed by atoms with E-state index in [9.17, 15) is 21.2 Å². The van der Waals surface area contributed by atoms with E-state index in [-0.39, 0.29) is 17.2 Å². The molecule has 9 heteroatoms. The van der Waals surface area contributed by atoms with E-state index in [1.54, 1.807) is 0 Å². The number of benzene rings is 1. The van der Waals surface area contributed by atoms with Crippen LogP contribution in [0.15, 0.2) is 23.1 Å². The van der Waals surface area contributed by atoms with Crippen molar-refractivity contribution >= 4 is 25.5 Å². The Hall–Kier alpha value is -1.19. The number of halogens is 1.